The molecule has 1 aliphatic heterocycles. The van der Waals surface area contributed by atoms with Crippen molar-refractivity contribution in [2.45, 2.75) is 97.4 Å². The van der Waals surface area contributed by atoms with Crippen LogP contribution >= 0.6 is 11.8 Å². The maximum absolute atomic E-state index is 12.5. The standard InChI is InChI=1S/C32H47N3O2S/c1-3-4-5-6-7-8-9-10-11-12-13-14-22-37-31-17-15-16-30(23-31)34-32(36)33-29-20-18-28(19-21-29)25-35-24-27(2)38-26-35/h15-21,23-24H,3-14,22,25-26H2,1-2H3,(H2,33,34,36). The Kier molecular flexibility index (Phi) is 14.0. The number of hydrogen-bond donors (Lipinski definition) is 2. The van der Waals surface area contributed by atoms with Crippen LogP contribution in [-0.4, -0.2) is 23.4 Å². The number of hydrogen-bond acceptors (Lipinski definition) is 4. The van der Waals surface area contributed by atoms with E-state index in [0.29, 0.717) is 6.61 Å². The van der Waals surface area contributed by atoms with Crippen molar-refractivity contribution in [3.8, 4) is 5.75 Å². The van der Waals surface area contributed by atoms with Crippen LogP contribution in [0.3, 0.4) is 0 Å². The number of benzene rings is 2. The van der Waals surface area contributed by atoms with E-state index in [2.05, 4.69) is 47.7 Å². The van der Waals surface area contributed by atoms with Gasteiger partial charge in [0.15, 0.2) is 0 Å². The van der Waals surface area contributed by atoms with Gasteiger partial charge in [-0.2, -0.15) is 0 Å². The molecule has 0 radical (unpaired) electrons. The molecule has 208 valence electrons. The van der Waals surface area contributed by atoms with E-state index in [1.54, 1.807) is 0 Å². The van der Waals surface area contributed by atoms with Gasteiger partial charge in [0.2, 0.25) is 0 Å². The number of ether oxygens (including phenoxy) is 1. The second-order valence-corrected chi connectivity index (χ2v) is 11.5. The van der Waals surface area contributed by atoms with Gasteiger partial charge in [0.25, 0.3) is 0 Å². The Morgan fingerprint density at radius 3 is 2.11 bits per heavy atom. The van der Waals surface area contributed by atoms with Gasteiger partial charge in [0.1, 0.15) is 5.75 Å². The summed E-state index contributed by atoms with van der Waals surface area (Å²) in [6.07, 6.45) is 18.2. The number of carbonyl (C=O) groups is 1. The van der Waals surface area contributed by atoms with E-state index in [1.807, 2.05) is 48.2 Å². The summed E-state index contributed by atoms with van der Waals surface area (Å²) in [6, 6.07) is 15.4. The number of allylic oxidation sites excluding steroid dienone is 1. The number of amides is 2. The molecule has 0 aromatic heterocycles. The van der Waals surface area contributed by atoms with Crippen LogP contribution in [0, 0.1) is 0 Å². The van der Waals surface area contributed by atoms with Gasteiger partial charge in [0, 0.05) is 30.2 Å². The van der Waals surface area contributed by atoms with E-state index in [9.17, 15) is 4.79 Å². The lowest BCUT2D eigenvalue weighted by Crippen LogP contribution is -2.19. The van der Waals surface area contributed by atoms with E-state index in [0.717, 1.165) is 36.0 Å². The number of rotatable bonds is 18. The predicted octanol–water partition coefficient (Wildman–Crippen LogP) is 9.78. The first-order valence-corrected chi connectivity index (χ1v) is 15.6. The monoisotopic (exact) mass is 537 g/mol. The van der Waals surface area contributed by atoms with Crippen LogP contribution in [0.25, 0.3) is 0 Å². The van der Waals surface area contributed by atoms with Crippen molar-refractivity contribution in [3.05, 3.63) is 65.2 Å². The zero-order valence-electron chi connectivity index (χ0n) is 23.5. The van der Waals surface area contributed by atoms with Crippen molar-refractivity contribution in [2.24, 2.45) is 0 Å². The summed E-state index contributed by atoms with van der Waals surface area (Å²) >= 11 is 1.86. The summed E-state index contributed by atoms with van der Waals surface area (Å²) in [5.41, 5.74) is 2.72. The molecule has 0 bridgehead atoms. The number of thioether (sulfide) groups is 1. The van der Waals surface area contributed by atoms with Gasteiger partial charge in [-0.3, -0.25) is 0 Å². The summed E-state index contributed by atoms with van der Waals surface area (Å²) in [5.74, 6) is 1.79. The zero-order valence-corrected chi connectivity index (χ0v) is 24.3. The minimum Gasteiger partial charge on any atom is -0.494 e. The molecule has 0 saturated carbocycles. The molecule has 3 rings (SSSR count). The molecule has 2 aromatic carbocycles. The van der Waals surface area contributed by atoms with E-state index in [4.69, 9.17) is 4.74 Å². The average Bonchev–Trinajstić information content (AvgIpc) is 3.32. The third kappa shape index (κ3) is 12.3. The third-order valence-electron chi connectivity index (χ3n) is 6.78. The Bertz CT molecular complexity index is 977. The van der Waals surface area contributed by atoms with E-state index < -0.39 is 0 Å². The molecule has 0 fully saturated rings. The van der Waals surface area contributed by atoms with Crippen LogP contribution in [0.5, 0.6) is 5.75 Å². The minimum absolute atomic E-state index is 0.259. The molecule has 0 saturated heterocycles. The molecule has 5 nitrogen and oxygen atoms in total. The predicted molar refractivity (Wildman–Crippen MR) is 164 cm³/mol. The Morgan fingerprint density at radius 1 is 0.842 bits per heavy atom. The highest BCUT2D eigenvalue weighted by Crippen LogP contribution is 2.26. The van der Waals surface area contributed by atoms with Crippen LogP contribution in [0.15, 0.2) is 59.6 Å². The van der Waals surface area contributed by atoms with Gasteiger partial charge >= 0.3 is 6.03 Å². The molecule has 1 aliphatic rings. The smallest absolute Gasteiger partial charge is 0.323 e. The number of nitrogens with one attached hydrogen (secondary N) is 2. The lowest BCUT2D eigenvalue weighted by atomic mass is 10.1. The molecular weight excluding hydrogens is 490 g/mol. The highest BCUT2D eigenvalue weighted by Gasteiger charge is 2.10. The summed E-state index contributed by atoms with van der Waals surface area (Å²) in [7, 11) is 0. The normalized spacial score (nSPS) is 12.9. The zero-order chi connectivity index (χ0) is 26.8. The Labute approximate surface area is 234 Å². The quantitative estimate of drug-likeness (QED) is 0.186. The van der Waals surface area contributed by atoms with Crippen LogP contribution in [0.4, 0.5) is 16.2 Å². The molecule has 0 unspecified atom stereocenters. The maximum atomic E-state index is 12.5. The van der Waals surface area contributed by atoms with Crippen molar-refractivity contribution < 1.29 is 9.53 Å². The molecule has 2 aromatic rings. The summed E-state index contributed by atoms with van der Waals surface area (Å²) in [5, 5.41) is 5.82. The summed E-state index contributed by atoms with van der Waals surface area (Å²) in [4.78, 5) is 16.1. The molecule has 0 spiro atoms. The number of anilines is 2. The maximum Gasteiger partial charge on any atom is 0.323 e. The molecule has 2 N–H and O–H groups in total. The largest absolute Gasteiger partial charge is 0.494 e. The minimum atomic E-state index is -0.259. The Balaban J connectivity index is 1.26. The van der Waals surface area contributed by atoms with Gasteiger partial charge < -0.3 is 20.3 Å². The van der Waals surface area contributed by atoms with E-state index >= 15 is 0 Å². The summed E-state index contributed by atoms with van der Waals surface area (Å²) < 4.78 is 5.93. The molecular formula is C32H47N3O2S. The SMILES string of the molecule is CCCCCCCCCCCCCCOc1cccc(NC(=O)Nc2ccc(CN3C=C(C)SC3)cc2)c1. The molecule has 38 heavy (non-hydrogen) atoms. The van der Waals surface area contributed by atoms with Crippen molar-refractivity contribution in [2.75, 3.05) is 23.1 Å². The van der Waals surface area contributed by atoms with Crippen molar-refractivity contribution in [1.82, 2.24) is 4.90 Å². The van der Waals surface area contributed by atoms with Gasteiger partial charge in [-0.25, -0.2) is 4.79 Å². The van der Waals surface area contributed by atoms with Crippen molar-refractivity contribution in [3.63, 3.8) is 0 Å². The van der Waals surface area contributed by atoms with Crippen LogP contribution in [0.2, 0.25) is 0 Å². The molecule has 6 heteroatoms. The summed E-state index contributed by atoms with van der Waals surface area (Å²) in [6.45, 7) is 6.00. The van der Waals surface area contributed by atoms with E-state index in [-0.39, 0.29) is 6.03 Å². The molecule has 0 aliphatic carbocycles. The molecule has 1 heterocycles. The highest BCUT2D eigenvalue weighted by atomic mass is 32.2. The first kappa shape index (κ1) is 29.9. The van der Waals surface area contributed by atoms with Crippen molar-refractivity contribution in [1.29, 1.82) is 0 Å². The lowest BCUT2D eigenvalue weighted by Gasteiger charge is -2.15. The molecule has 2 amide bonds. The molecule has 0 atom stereocenters. The van der Waals surface area contributed by atoms with Gasteiger partial charge in [-0.15, -0.1) is 11.8 Å². The second kappa shape index (κ2) is 17.8. The number of unbranched alkanes of at least 4 members (excludes halogenated alkanes) is 11. The third-order valence-corrected chi connectivity index (χ3v) is 7.80. The van der Waals surface area contributed by atoms with E-state index in [1.165, 1.54) is 81.1 Å². The first-order valence-electron chi connectivity index (χ1n) is 14.6. The highest BCUT2D eigenvalue weighted by molar-refractivity contribution is 8.03. The Morgan fingerprint density at radius 2 is 1.47 bits per heavy atom. The fraction of sp³-hybridized carbons (Fsp3) is 0.531. The van der Waals surface area contributed by atoms with Gasteiger partial charge in [-0.1, -0.05) is 95.8 Å². The number of urea groups is 1. The fourth-order valence-corrected chi connectivity index (χ4v) is 5.38. The average molecular weight is 538 g/mol. The Hall–Kier alpha value is -2.60. The topological polar surface area (TPSA) is 53.6 Å². The first-order chi connectivity index (χ1) is 18.6. The van der Waals surface area contributed by atoms with Crippen LogP contribution < -0.4 is 15.4 Å². The van der Waals surface area contributed by atoms with Crippen molar-refractivity contribution >= 4 is 29.2 Å². The number of nitrogens with zero attached hydrogens (tertiary/aromatic N) is 1. The second-order valence-electron chi connectivity index (χ2n) is 10.3. The lowest BCUT2D eigenvalue weighted by molar-refractivity contribution is 0.262. The fourth-order valence-electron chi connectivity index (χ4n) is 4.63. The number of carbonyl (C=O) groups excluding carboxylic acids is 1. The van der Waals surface area contributed by atoms with Crippen LogP contribution in [0.1, 0.15) is 96.5 Å². The van der Waals surface area contributed by atoms with Gasteiger partial charge in [-0.05, 0) is 48.1 Å². The van der Waals surface area contributed by atoms with Gasteiger partial charge in [0.05, 0.1) is 12.5 Å². The van der Waals surface area contributed by atoms with Crippen LogP contribution in [-0.2, 0) is 6.54 Å².